The van der Waals surface area contributed by atoms with Gasteiger partial charge in [0, 0.05) is 18.7 Å². The van der Waals surface area contributed by atoms with E-state index in [-0.39, 0.29) is 18.2 Å². The SMILES string of the molecule is COc1cc(C#N)cc(Cl)c1O[C@H]1c2ccccc2CC[C@@H]1N1CCC[C@@H](N)C1. The van der Waals surface area contributed by atoms with Crippen LogP contribution in [0.15, 0.2) is 36.4 Å². The first-order valence-corrected chi connectivity index (χ1v) is 10.5. The highest BCUT2D eigenvalue weighted by Crippen LogP contribution is 2.43. The number of likely N-dealkylation sites (tertiary alicyclic amines) is 1. The summed E-state index contributed by atoms with van der Waals surface area (Å²) in [7, 11) is 1.57. The van der Waals surface area contributed by atoms with Crippen LogP contribution in [0.3, 0.4) is 0 Å². The van der Waals surface area contributed by atoms with Gasteiger partial charge in [0.25, 0.3) is 0 Å². The molecule has 0 radical (unpaired) electrons. The largest absolute Gasteiger partial charge is 0.493 e. The van der Waals surface area contributed by atoms with E-state index in [0.29, 0.717) is 22.1 Å². The van der Waals surface area contributed by atoms with Gasteiger partial charge in [-0.05, 0) is 49.4 Å². The summed E-state index contributed by atoms with van der Waals surface area (Å²) in [5, 5.41) is 9.63. The quantitative estimate of drug-likeness (QED) is 0.820. The average Bonchev–Trinajstić information content (AvgIpc) is 2.74. The fourth-order valence-electron chi connectivity index (χ4n) is 4.58. The summed E-state index contributed by atoms with van der Waals surface area (Å²) in [6, 6.07) is 14.3. The van der Waals surface area contributed by atoms with E-state index in [2.05, 4.69) is 35.2 Å². The van der Waals surface area contributed by atoms with Gasteiger partial charge < -0.3 is 15.2 Å². The molecule has 2 aromatic carbocycles. The summed E-state index contributed by atoms with van der Waals surface area (Å²) in [5.74, 6) is 0.965. The van der Waals surface area contributed by atoms with Crippen molar-refractivity contribution in [3.05, 3.63) is 58.1 Å². The maximum atomic E-state index is 9.24. The molecule has 29 heavy (non-hydrogen) atoms. The molecule has 6 heteroatoms. The van der Waals surface area contributed by atoms with Gasteiger partial charge in [-0.15, -0.1) is 0 Å². The number of hydrogen-bond acceptors (Lipinski definition) is 5. The predicted octanol–water partition coefficient (Wildman–Crippen LogP) is 4.08. The van der Waals surface area contributed by atoms with Crippen molar-refractivity contribution in [1.29, 1.82) is 5.26 Å². The van der Waals surface area contributed by atoms with E-state index in [1.165, 1.54) is 11.1 Å². The normalized spacial score (nSPS) is 24.4. The number of hydrogen-bond donors (Lipinski definition) is 1. The molecular formula is C23H26ClN3O2. The van der Waals surface area contributed by atoms with Crippen LogP contribution < -0.4 is 15.2 Å². The predicted molar refractivity (Wildman–Crippen MR) is 113 cm³/mol. The highest BCUT2D eigenvalue weighted by atomic mass is 35.5. The van der Waals surface area contributed by atoms with Gasteiger partial charge >= 0.3 is 0 Å². The van der Waals surface area contributed by atoms with E-state index in [9.17, 15) is 5.26 Å². The first-order chi connectivity index (χ1) is 14.1. The Morgan fingerprint density at radius 1 is 1.24 bits per heavy atom. The second-order valence-electron chi connectivity index (χ2n) is 7.84. The number of nitrogens with two attached hydrogens (primary N) is 1. The monoisotopic (exact) mass is 411 g/mol. The second kappa shape index (κ2) is 8.62. The van der Waals surface area contributed by atoms with Crippen LogP contribution in [0.1, 0.15) is 42.1 Å². The zero-order chi connectivity index (χ0) is 20.4. The molecule has 0 saturated carbocycles. The topological polar surface area (TPSA) is 71.5 Å². The third-order valence-electron chi connectivity index (χ3n) is 5.98. The molecule has 2 N–H and O–H groups in total. The molecule has 1 aliphatic heterocycles. The lowest BCUT2D eigenvalue weighted by molar-refractivity contribution is 0.0354. The summed E-state index contributed by atoms with van der Waals surface area (Å²) >= 11 is 6.51. The van der Waals surface area contributed by atoms with Crippen molar-refractivity contribution in [2.45, 2.75) is 43.9 Å². The summed E-state index contributed by atoms with van der Waals surface area (Å²) in [4.78, 5) is 2.47. The Morgan fingerprint density at radius 2 is 2.07 bits per heavy atom. The van der Waals surface area contributed by atoms with E-state index in [0.717, 1.165) is 38.8 Å². The number of benzene rings is 2. The second-order valence-corrected chi connectivity index (χ2v) is 8.25. The van der Waals surface area contributed by atoms with Gasteiger partial charge in [-0.2, -0.15) is 5.26 Å². The number of fused-ring (bicyclic) bond motifs is 1. The standard InChI is InChI=1S/C23H26ClN3O2/c1-28-21-12-15(13-25)11-19(24)23(21)29-22-18-7-3-2-5-16(18)8-9-20(22)27-10-4-6-17(26)14-27/h2-3,5,7,11-12,17,20,22H,4,6,8-10,14,26H2,1H3/t17-,20+,22+/m1/s1. The van der Waals surface area contributed by atoms with Crippen LogP contribution >= 0.6 is 11.6 Å². The van der Waals surface area contributed by atoms with Crippen molar-refractivity contribution in [2.24, 2.45) is 5.73 Å². The number of methoxy groups -OCH3 is 1. The van der Waals surface area contributed by atoms with Gasteiger partial charge in [-0.3, -0.25) is 4.90 Å². The number of ether oxygens (including phenoxy) is 2. The van der Waals surface area contributed by atoms with Gasteiger partial charge in [-0.1, -0.05) is 35.9 Å². The molecule has 1 saturated heterocycles. The molecule has 1 fully saturated rings. The van der Waals surface area contributed by atoms with Crippen molar-refractivity contribution in [1.82, 2.24) is 4.90 Å². The van der Waals surface area contributed by atoms with Crippen molar-refractivity contribution < 1.29 is 9.47 Å². The number of aryl methyl sites for hydroxylation is 1. The molecule has 4 rings (SSSR count). The fraction of sp³-hybridized carbons (Fsp3) is 0.435. The first-order valence-electron chi connectivity index (χ1n) is 10.1. The molecule has 152 valence electrons. The van der Waals surface area contributed by atoms with E-state index < -0.39 is 0 Å². The molecule has 0 bridgehead atoms. The first kappa shape index (κ1) is 20.0. The number of halogens is 1. The Kier molecular flexibility index (Phi) is 5.96. The van der Waals surface area contributed by atoms with E-state index >= 15 is 0 Å². The van der Waals surface area contributed by atoms with E-state index in [4.69, 9.17) is 26.8 Å². The molecule has 1 heterocycles. The molecule has 0 spiro atoms. The third-order valence-corrected chi connectivity index (χ3v) is 6.26. The smallest absolute Gasteiger partial charge is 0.180 e. The van der Waals surface area contributed by atoms with Gasteiger partial charge in [0.05, 0.1) is 29.8 Å². The molecule has 1 aliphatic carbocycles. The van der Waals surface area contributed by atoms with E-state index in [1.54, 1.807) is 19.2 Å². The zero-order valence-electron chi connectivity index (χ0n) is 16.6. The minimum atomic E-state index is -0.176. The Labute approximate surface area is 177 Å². The summed E-state index contributed by atoms with van der Waals surface area (Å²) in [6.07, 6.45) is 4.02. The number of nitriles is 1. The lowest BCUT2D eigenvalue weighted by Crippen LogP contribution is -2.51. The van der Waals surface area contributed by atoms with Crippen molar-refractivity contribution in [3.8, 4) is 17.6 Å². The van der Waals surface area contributed by atoms with Crippen LogP contribution in [0.5, 0.6) is 11.5 Å². The van der Waals surface area contributed by atoms with Crippen LogP contribution in [0, 0.1) is 11.3 Å². The van der Waals surface area contributed by atoms with Crippen LogP contribution in [0.4, 0.5) is 0 Å². The number of piperidine rings is 1. The van der Waals surface area contributed by atoms with Gasteiger partial charge in [0.2, 0.25) is 0 Å². The highest BCUT2D eigenvalue weighted by molar-refractivity contribution is 6.32. The van der Waals surface area contributed by atoms with Crippen LogP contribution in [-0.2, 0) is 6.42 Å². The maximum Gasteiger partial charge on any atom is 0.180 e. The molecular weight excluding hydrogens is 386 g/mol. The van der Waals surface area contributed by atoms with Gasteiger partial charge in [-0.25, -0.2) is 0 Å². The number of nitrogens with zero attached hydrogens (tertiary/aromatic N) is 2. The minimum Gasteiger partial charge on any atom is -0.493 e. The molecule has 0 unspecified atom stereocenters. The molecule has 5 nitrogen and oxygen atoms in total. The lowest BCUT2D eigenvalue weighted by Gasteiger charge is -2.43. The van der Waals surface area contributed by atoms with Crippen molar-refractivity contribution >= 4 is 11.6 Å². The molecule has 2 aromatic rings. The molecule has 0 aromatic heterocycles. The summed E-state index contributed by atoms with van der Waals surface area (Å²) < 4.78 is 12.1. The van der Waals surface area contributed by atoms with Gasteiger partial charge in [0.15, 0.2) is 11.5 Å². The van der Waals surface area contributed by atoms with Crippen molar-refractivity contribution in [2.75, 3.05) is 20.2 Å². The molecule has 3 atom stereocenters. The minimum absolute atomic E-state index is 0.176. The summed E-state index contributed by atoms with van der Waals surface area (Å²) in [6.45, 7) is 1.91. The highest BCUT2D eigenvalue weighted by Gasteiger charge is 2.37. The fourth-order valence-corrected chi connectivity index (χ4v) is 4.84. The zero-order valence-corrected chi connectivity index (χ0v) is 17.4. The van der Waals surface area contributed by atoms with Crippen LogP contribution in [-0.4, -0.2) is 37.2 Å². The lowest BCUT2D eigenvalue weighted by atomic mass is 9.84. The van der Waals surface area contributed by atoms with Crippen LogP contribution in [0.2, 0.25) is 5.02 Å². The molecule has 2 aliphatic rings. The van der Waals surface area contributed by atoms with Crippen LogP contribution in [0.25, 0.3) is 0 Å². The number of rotatable bonds is 4. The Morgan fingerprint density at radius 3 is 2.83 bits per heavy atom. The van der Waals surface area contributed by atoms with E-state index in [1.807, 2.05) is 0 Å². The maximum absolute atomic E-state index is 9.24. The average molecular weight is 412 g/mol. The Bertz CT molecular complexity index is 927. The third kappa shape index (κ3) is 4.06. The summed E-state index contributed by atoms with van der Waals surface area (Å²) in [5.41, 5.74) is 9.21. The molecule has 0 amide bonds. The Hall–Kier alpha value is -2.26. The Balaban J connectivity index is 1.73. The van der Waals surface area contributed by atoms with Gasteiger partial charge in [0.1, 0.15) is 6.10 Å². The van der Waals surface area contributed by atoms with Crippen molar-refractivity contribution in [3.63, 3.8) is 0 Å².